The van der Waals surface area contributed by atoms with Gasteiger partial charge in [-0.05, 0) is 49.4 Å². The van der Waals surface area contributed by atoms with Crippen molar-refractivity contribution in [2.75, 3.05) is 12.3 Å². The highest BCUT2D eigenvalue weighted by Crippen LogP contribution is 2.31. The van der Waals surface area contributed by atoms with Crippen molar-refractivity contribution in [3.8, 4) is 0 Å². The maximum atomic E-state index is 6.05. The van der Waals surface area contributed by atoms with E-state index in [1.807, 2.05) is 17.8 Å². The van der Waals surface area contributed by atoms with E-state index in [1.165, 1.54) is 9.77 Å². The first-order chi connectivity index (χ1) is 9.69. The lowest BCUT2D eigenvalue weighted by Gasteiger charge is -2.16. The van der Waals surface area contributed by atoms with Gasteiger partial charge >= 0.3 is 0 Å². The van der Waals surface area contributed by atoms with Crippen LogP contribution in [0.1, 0.15) is 24.3 Å². The minimum absolute atomic E-state index is 0.362. The molecule has 0 bridgehead atoms. The van der Waals surface area contributed by atoms with Crippen molar-refractivity contribution in [3.63, 3.8) is 0 Å². The average Bonchev–Trinajstić information content (AvgIpc) is 2.87. The fourth-order valence-corrected chi connectivity index (χ4v) is 4.28. The molecular weight excluding hydrogens is 374 g/mol. The molecule has 0 spiro atoms. The van der Waals surface area contributed by atoms with Crippen LogP contribution in [0.25, 0.3) is 0 Å². The van der Waals surface area contributed by atoms with Crippen LogP contribution in [0, 0.1) is 0 Å². The van der Waals surface area contributed by atoms with Gasteiger partial charge < -0.3 is 5.32 Å². The van der Waals surface area contributed by atoms with Crippen LogP contribution in [0.3, 0.4) is 0 Å². The van der Waals surface area contributed by atoms with Crippen LogP contribution in [-0.4, -0.2) is 12.3 Å². The van der Waals surface area contributed by atoms with Gasteiger partial charge in [-0.15, -0.1) is 23.1 Å². The highest BCUT2D eigenvalue weighted by Gasteiger charge is 2.13. The Bertz CT molecular complexity index is 527. The van der Waals surface area contributed by atoms with Gasteiger partial charge in [-0.25, -0.2) is 0 Å². The smallest absolute Gasteiger partial charge is 0.0931 e. The second kappa shape index (κ2) is 8.44. The third-order valence-corrected chi connectivity index (χ3v) is 5.79. The van der Waals surface area contributed by atoms with Crippen LogP contribution in [0.5, 0.6) is 0 Å². The fraction of sp³-hybridized carbons (Fsp3) is 0.333. The van der Waals surface area contributed by atoms with E-state index in [9.17, 15) is 0 Å². The van der Waals surface area contributed by atoms with Crippen LogP contribution in [0.2, 0.25) is 4.34 Å². The Balaban J connectivity index is 1.98. The topological polar surface area (TPSA) is 12.0 Å². The van der Waals surface area contributed by atoms with Crippen molar-refractivity contribution in [1.82, 2.24) is 5.32 Å². The zero-order valence-electron chi connectivity index (χ0n) is 11.2. The summed E-state index contributed by atoms with van der Waals surface area (Å²) in [5.41, 5.74) is 0. The molecule has 0 aliphatic heterocycles. The van der Waals surface area contributed by atoms with Crippen LogP contribution >= 0.6 is 50.6 Å². The van der Waals surface area contributed by atoms with E-state index in [-0.39, 0.29) is 0 Å². The predicted molar refractivity (Wildman–Crippen MR) is 95.2 cm³/mol. The van der Waals surface area contributed by atoms with Crippen LogP contribution < -0.4 is 5.32 Å². The molecule has 2 rings (SSSR count). The summed E-state index contributed by atoms with van der Waals surface area (Å²) in [7, 11) is 0. The third-order valence-electron chi connectivity index (χ3n) is 2.81. The zero-order chi connectivity index (χ0) is 14.4. The molecule has 2 aromatic rings. The molecule has 1 atom stereocenters. The molecule has 0 saturated carbocycles. The van der Waals surface area contributed by atoms with Gasteiger partial charge in [0.25, 0.3) is 0 Å². The molecule has 1 heterocycles. The SMILES string of the molecule is CCCNC(CSc1ccc(Br)cc1)c1ccc(Cl)s1. The first-order valence-electron chi connectivity index (χ1n) is 6.56. The van der Waals surface area contributed by atoms with E-state index in [0.717, 1.165) is 27.5 Å². The van der Waals surface area contributed by atoms with E-state index >= 15 is 0 Å². The minimum Gasteiger partial charge on any atom is -0.309 e. The summed E-state index contributed by atoms with van der Waals surface area (Å²) in [5.74, 6) is 1.01. The summed E-state index contributed by atoms with van der Waals surface area (Å²) in [6.45, 7) is 3.22. The standard InChI is InChI=1S/C15H17BrClNS2/c1-2-9-18-13(14-7-8-15(17)20-14)10-19-12-5-3-11(16)4-6-12/h3-8,13,18H,2,9-10H2,1H3. The molecule has 1 aromatic carbocycles. The van der Waals surface area contributed by atoms with E-state index in [1.54, 1.807) is 11.3 Å². The molecule has 5 heteroatoms. The molecule has 0 fully saturated rings. The number of hydrogen-bond donors (Lipinski definition) is 1. The van der Waals surface area contributed by atoms with E-state index in [4.69, 9.17) is 11.6 Å². The van der Waals surface area contributed by atoms with Crippen molar-refractivity contribution >= 4 is 50.6 Å². The molecule has 0 radical (unpaired) electrons. The monoisotopic (exact) mass is 389 g/mol. The van der Waals surface area contributed by atoms with Crippen LogP contribution in [-0.2, 0) is 0 Å². The molecule has 0 saturated heterocycles. The molecule has 0 aliphatic rings. The van der Waals surface area contributed by atoms with Crippen LogP contribution in [0.4, 0.5) is 0 Å². The van der Waals surface area contributed by atoms with Crippen molar-refractivity contribution in [2.24, 2.45) is 0 Å². The maximum absolute atomic E-state index is 6.05. The lowest BCUT2D eigenvalue weighted by Crippen LogP contribution is -2.23. The van der Waals surface area contributed by atoms with Gasteiger partial charge in [0, 0.05) is 20.0 Å². The molecular formula is C15H17BrClNS2. The molecule has 108 valence electrons. The Morgan fingerprint density at radius 2 is 2.00 bits per heavy atom. The number of rotatable bonds is 7. The van der Waals surface area contributed by atoms with Gasteiger partial charge in [0.05, 0.1) is 10.4 Å². The van der Waals surface area contributed by atoms with Gasteiger partial charge in [0.1, 0.15) is 0 Å². The van der Waals surface area contributed by atoms with Crippen molar-refractivity contribution < 1.29 is 0 Å². The fourth-order valence-electron chi connectivity index (χ4n) is 1.79. The highest BCUT2D eigenvalue weighted by molar-refractivity contribution is 9.10. The number of nitrogens with one attached hydrogen (secondary N) is 1. The number of benzene rings is 1. The second-order valence-corrected chi connectivity index (χ2v) is 8.17. The molecule has 1 N–H and O–H groups in total. The molecule has 1 aromatic heterocycles. The summed E-state index contributed by atoms with van der Waals surface area (Å²) >= 11 is 13.1. The maximum Gasteiger partial charge on any atom is 0.0931 e. The van der Waals surface area contributed by atoms with Gasteiger partial charge in [-0.3, -0.25) is 0 Å². The lowest BCUT2D eigenvalue weighted by molar-refractivity contribution is 0.585. The van der Waals surface area contributed by atoms with Crippen molar-refractivity contribution in [2.45, 2.75) is 24.3 Å². The number of hydrogen-bond acceptors (Lipinski definition) is 3. The Labute approximate surface area is 142 Å². The van der Waals surface area contributed by atoms with E-state index in [2.05, 4.69) is 58.5 Å². The molecule has 0 amide bonds. The number of thiophene rings is 1. The van der Waals surface area contributed by atoms with E-state index in [0.29, 0.717) is 6.04 Å². The molecule has 1 nitrogen and oxygen atoms in total. The molecule has 0 aliphatic carbocycles. The summed E-state index contributed by atoms with van der Waals surface area (Å²) in [4.78, 5) is 2.60. The van der Waals surface area contributed by atoms with E-state index < -0.39 is 0 Å². The van der Waals surface area contributed by atoms with Gasteiger partial charge in [-0.1, -0.05) is 34.5 Å². The van der Waals surface area contributed by atoms with Crippen molar-refractivity contribution in [3.05, 3.63) is 50.1 Å². The summed E-state index contributed by atoms with van der Waals surface area (Å²) in [5, 5.41) is 3.60. The summed E-state index contributed by atoms with van der Waals surface area (Å²) in [6.07, 6.45) is 1.14. The largest absolute Gasteiger partial charge is 0.309 e. The summed E-state index contributed by atoms with van der Waals surface area (Å²) < 4.78 is 1.98. The zero-order valence-corrected chi connectivity index (χ0v) is 15.2. The third kappa shape index (κ3) is 5.08. The lowest BCUT2D eigenvalue weighted by atomic mass is 10.2. The minimum atomic E-state index is 0.362. The first-order valence-corrected chi connectivity index (χ1v) is 9.53. The molecule has 1 unspecified atom stereocenters. The van der Waals surface area contributed by atoms with Gasteiger partial charge in [0.2, 0.25) is 0 Å². The van der Waals surface area contributed by atoms with Crippen LogP contribution in [0.15, 0.2) is 45.8 Å². The van der Waals surface area contributed by atoms with Gasteiger partial charge in [-0.2, -0.15) is 0 Å². The average molecular weight is 391 g/mol. The van der Waals surface area contributed by atoms with Crippen molar-refractivity contribution in [1.29, 1.82) is 0 Å². The Morgan fingerprint density at radius 3 is 2.60 bits per heavy atom. The normalized spacial score (nSPS) is 12.6. The number of halogens is 2. The Hall–Kier alpha value is -0.0000000000000000278. The first kappa shape index (κ1) is 16.4. The second-order valence-electron chi connectivity index (χ2n) is 4.41. The molecule has 20 heavy (non-hydrogen) atoms. The Morgan fingerprint density at radius 1 is 1.25 bits per heavy atom. The predicted octanol–water partition coefficient (Wildman–Crippen LogP) is 6.00. The Kier molecular flexibility index (Phi) is 6.91. The summed E-state index contributed by atoms with van der Waals surface area (Å²) in [6, 6.07) is 12.9. The number of thioether (sulfide) groups is 1. The highest BCUT2D eigenvalue weighted by atomic mass is 79.9. The quantitative estimate of drug-likeness (QED) is 0.582. The van der Waals surface area contributed by atoms with Gasteiger partial charge in [0.15, 0.2) is 0 Å².